The molecule has 2 N–H and O–H groups in total. The highest BCUT2D eigenvalue weighted by molar-refractivity contribution is 7.99. The van der Waals surface area contributed by atoms with Crippen LogP contribution in [0.1, 0.15) is 17.5 Å². The van der Waals surface area contributed by atoms with Crippen LogP contribution in [0.15, 0.2) is 30.3 Å². The molecule has 0 spiro atoms. The number of benzene rings is 1. The molecule has 0 amide bonds. The molecule has 1 aromatic rings. The molecule has 0 radical (unpaired) electrons. The summed E-state index contributed by atoms with van der Waals surface area (Å²) in [6, 6.07) is 5.31. The van der Waals surface area contributed by atoms with Gasteiger partial charge in [0.2, 0.25) is 0 Å². The summed E-state index contributed by atoms with van der Waals surface area (Å²) in [7, 11) is 0. The number of hydrogen-bond acceptors (Lipinski definition) is 2. The molecule has 1 aromatic carbocycles. The van der Waals surface area contributed by atoms with E-state index in [0.717, 1.165) is 30.1 Å². The third-order valence-corrected chi connectivity index (χ3v) is 3.24. The molecule has 18 heavy (non-hydrogen) atoms. The number of halogens is 3. The first-order chi connectivity index (χ1) is 8.54. The average Bonchev–Trinajstić information content (AvgIpc) is 2.33. The van der Waals surface area contributed by atoms with Crippen molar-refractivity contribution >= 4 is 17.8 Å². The fraction of sp³-hybridized carbons (Fsp3) is 0.385. The molecule has 1 rings (SSSR count). The van der Waals surface area contributed by atoms with Crippen molar-refractivity contribution in [3.8, 4) is 0 Å². The molecule has 100 valence electrons. The van der Waals surface area contributed by atoms with Crippen LogP contribution in [0.25, 0.3) is 6.08 Å². The van der Waals surface area contributed by atoms with Crippen molar-refractivity contribution in [2.24, 2.45) is 5.73 Å². The van der Waals surface area contributed by atoms with Crippen LogP contribution < -0.4 is 5.73 Å². The van der Waals surface area contributed by atoms with Gasteiger partial charge < -0.3 is 5.73 Å². The highest BCUT2D eigenvalue weighted by Gasteiger charge is 2.30. The van der Waals surface area contributed by atoms with E-state index in [1.54, 1.807) is 23.9 Å². The topological polar surface area (TPSA) is 26.0 Å². The SMILES string of the molecule is NCCCSC/C=C/c1cccc(C(F)(F)F)c1. The van der Waals surface area contributed by atoms with Crippen LogP contribution in [0.3, 0.4) is 0 Å². The van der Waals surface area contributed by atoms with Gasteiger partial charge in [0.1, 0.15) is 0 Å². The van der Waals surface area contributed by atoms with Gasteiger partial charge >= 0.3 is 6.18 Å². The van der Waals surface area contributed by atoms with Crippen molar-refractivity contribution in [3.63, 3.8) is 0 Å². The smallest absolute Gasteiger partial charge is 0.330 e. The van der Waals surface area contributed by atoms with Crippen molar-refractivity contribution in [2.45, 2.75) is 12.6 Å². The highest BCUT2D eigenvalue weighted by atomic mass is 32.2. The standard InChI is InChI=1S/C13H16F3NS/c14-13(15,16)12-6-1-4-11(10-12)5-2-8-18-9-3-7-17/h1-2,4-6,10H,3,7-9,17H2/b5-2+. The molecule has 0 unspecified atom stereocenters. The first-order valence-corrected chi connectivity index (χ1v) is 6.81. The summed E-state index contributed by atoms with van der Waals surface area (Å²) in [6.45, 7) is 0.671. The van der Waals surface area contributed by atoms with Crippen molar-refractivity contribution in [1.29, 1.82) is 0 Å². The summed E-state index contributed by atoms with van der Waals surface area (Å²) in [5.74, 6) is 1.76. The molecule has 0 saturated heterocycles. The van der Waals surface area contributed by atoms with Crippen molar-refractivity contribution < 1.29 is 13.2 Å². The third kappa shape index (κ3) is 5.60. The Balaban J connectivity index is 2.49. The van der Waals surface area contributed by atoms with E-state index in [0.29, 0.717) is 12.1 Å². The first-order valence-electron chi connectivity index (χ1n) is 5.65. The number of thioether (sulfide) groups is 1. The first kappa shape index (κ1) is 15.1. The zero-order chi connectivity index (χ0) is 13.4. The molecule has 0 aliphatic heterocycles. The Morgan fingerprint density at radius 2 is 2.06 bits per heavy atom. The van der Waals surface area contributed by atoms with Crippen LogP contribution in [-0.4, -0.2) is 18.1 Å². The molecular weight excluding hydrogens is 259 g/mol. The lowest BCUT2D eigenvalue weighted by atomic mass is 10.1. The molecule has 5 heteroatoms. The maximum Gasteiger partial charge on any atom is 0.416 e. The van der Waals surface area contributed by atoms with Crippen molar-refractivity contribution in [1.82, 2.24) is 0 Å². The van der Waals surface area contributed by atoms with Crippen LogP contribution in [0.5, 0.6) is 0 Å². The van der Waals surface area contributed by atoms with Crippen LogP contribution in [0, 0.1) is 0 Å². The van der Waals surface area contributed by atoms with E-state index >= 15 is 0 Å². The third-order valence-electron chi connectivity index (χ3n) is 2.23. The summed E-state index contributed by atoms with van der Waals surface area (Å²) in [5.41, 5.74) is 5.32. The quantitative estimate of drug-likeness (QED) is 0.799. The van der Waals surface area contributed by atoms with Crippen LogP contribution in [0.2, 0.25) is 0 Å². The Hall–Kier alpha value is -0.940. The van der Waals surface area contributed by atoms with Crippen molar-refractivity contribution in [2.75, 3.05) is 18.1 Å². The second kappa shape index (κ2) is 7.48. The lowest BCUT2D eigenvalue weighted by Crippen LogP contribution is -2.04. The van der Waals surface area contributed by atoms with Crippen LogP contribution in [0.4, 0.5) is 13.2 Å². The van der Waals surface area contributed by atoms with Gasteiger partial charge in [0, 0.05) is 5.75 Å². The van der Waals surface area contributed by atoms with Gasteiger partial charge in [-0.3, -0.25) is 0 Å². The highest BCUT2D eigenvalue weighted by Crippen LogP contribution is 2.29. The Morgan fingerprint density at radius 3 is 2.72 bits per heavy atom. The molecule has 0 fully saturated rings. The van der Waals surface area contributed by atoms with E-state index in [-0.39, 0.29) is 0 Å². The minimum absolute atomic E-state index is 0.573. The van der Waals surface area contributed by atoms with Gasteiger partial charge in [0.05, 0.1) is 5.56 Å². The fourth-order valence-electron chi connectivity index (χ4n) is 1.34. The normalized spacial score (nSPS) is 12.2. The van der Waals surface area contributed by atoms with Gasteiger partial charge in [0.15, 0.2) is 0 Å². The van der Waals surface area contributed by atoms with E-state index in [1.807, 2.05) is 6.08 Å². The molecule has 0 aliphatic carbocycles. The Labute approximate surface area is 109 Å². The molecule has 0 atom stereocenters. The number of rotatable bonds is 6. The summed E-state index contributed by atoms with van der Waals surface area (Å²) in [4.78, 5) is 0. The number of hydrogen-bond donors (Lipinski definition) is 1. The number of alkyl halides is 3. The van der Waals surface area contributed by atoms with E-state index in [9.17, 15) is 13.2 Å². The van der Waals surface area contributed by atoms with Gasteiger partial charge in [0.25, 0.3) is 0 Å². The average molecular weight is 275 g/mol. The summed E-state index contributed by atoms with van der Waals surface area (Å²) in [5, 5.41) is 0. The molecular formula is C13H16F3NS. The minimum atomic E-state index is -4.28. The lowest BCUT2D eigenvalue weighted by molar-refractivity contribution is -0.137. The van der Waals surface area contributed by atoms with Crippen molar-refractivity contribution in [3.05, 3.63) is 41.5 Å². The van der Waals surface area contributed by atoms with Gasteiger partial charge in [-0.2, -0.15) is 24.9 Å². The summed E-state index contributed by atoms with van der Waals surface area (Å²) >= 11 is 1.72. The second-order valence-corrected chi connectivity index (χ2v) is 4.89. The molecule has 1 nitrogen and oxygen atoms in total. The molecule has 0 saturated carbocycles. The minimum Gasteiger partial charge on any atom is -0.330 e. The predicted octanol–water partition coefficient (Wildman–Crippen LogP) is 3.80. The van der Waals surface area contributed by atoms with Gasteiger partial charge in [-0.25, -0.2) is 0 Å². The molecule has 0 bridgehead atoms. The second-order valence-electron chi connectivity index (χ2n) is 3.74. The lowest BCUT2D eigenvalue weighted by Gasteiger charge is -2.06. The van der Waals surface area contributed by atoms with Gasteiger partial charge in [-0.1, -0.05) is 24.3 Å². The van der Waals surface area contributed by atoms with E-state index in [1.165, 1.54) is 6.07 Å². The Bertz CT molecular complexity index is 388. The number of nitrogens with two attached hydrogens (primary N) is 1. The van der Waals surface area contributed by atoms with Crippen LogP contribution in [-0.2, 0) is 6.18 Å². The molecule has 0 aliphatic rings. The maximum absolute atomic E-state index is 12.5. The Kier molecular flexibility index (Phi) is 6.29. The van der Waals surface area contributed by atoms with E-state index < -0.39 is 11.7 Å². The van der Waals surface area contributed by atoms with Crippen LogP contribution >= 0.6 is 11.8 Å². The van der Waals surface area contributed by atoms with Gasteiger partial charge in [-0.05, 0) is 36.4 Å². The van der Waals surface area contributed by atoms with E-state index in [2.05, 4.69) is 0 Å². The zero-order valence-electron chi connectivity index (χ0n) is 9.91. The maximum atomic E-state index is 12.5. The zero-order valence-corrected chi connectivity index (χ0v) is 10.7. The monoisotopic (exact) mass is 275 g/mol. The molecule has 0 aromatic heterocycles. The summed E-state index contributed by atoms with van der Waals surface area (Å²) < 4.78 is 37.4. The molecule has 0 heterocycles. The summed E-state index contributed by atoms with van der Waals surface area (Å²) in [6.07, 6.45) is 0.267. The van der Waals surface area contributed by atoms with Gasteiger partial charge in [-0.15, -0.1) is 0 Å². The van der Waals surface area contributed by atoms with E-state index in [4.69, 9.17) is 5.73 Å². The predicted molar refractivity (Wildman–Crippen MR) is 71.5 cm³/mol. The fourth-order valence-corrected chi connectivity index (χ4v) is 2.11. The largest absolute Gasteiger partial charge is 0.416 e. The Morgan fingerprint density at radius 1 is 1.28 bits per heavy atom.